The fourth-order valence-corrected chi connectivity index (χ4v) is 2.87. The summed E-state index contributed by atoms with van der Waals surface area (Å²) in [5, 5.41) is 4.14. The van der Waals surface area contributed by atoms with Gasteiger partial charge in [0.25, 0.3) is 0 Å². The number of hydrogen-bond donors (Lipinski definition) is 0. The maximum absolute atomic E-state index is 5.50. The maximum atomic E-state index is 5.50. The van der Waals surface area contributed by atoms with Gasteiger partial charge in [-0.15, -0.1) is 0 Å². The lowest BCUT2D eigenvalue weighted by Crippen LogP contribution is -2.47. The summed E-state index contributed by atoms with van der Waals surface area (Å²) in [6.45, 7) is 12.5. The average Bonchev–Trinajstić information content (AvgIpc) is 3.05. The topological polar surface area (TPSA) is 45.4 Å². The minimum absolute atomic E-state index is 0.0759. The number of hydrogen-bond acceptors (Lipinski definition) is 5. The van der Waals surface area contributed by atoms with Gasteiger partial charge in [0.15, 0.2) is 5.82 Å². The highest BCUT2D eigenvalue weighted by Crippen LogP contribution is 2.25. The third kappa shape index (κ3) is 3.55. The lowest BCUT2D eigenvalue weighted by atomic mass is 9.96. The Morgan fingerprint density at radius 3 is 2.26 bits per heavy atom. The molecule has 0 spiro atoms. The van der Waals surface area contributed by atoms with Crippen LogP contribution >= 0.6 is 0 Å². The summed E-state index contributed by atoms with van der Waals surface area (Å²) in [4.78, 5) is 9.45. The molecule has 124 valence electrons. The van der Waals surface area contributed by atoms with E-state index in [-0.39, 0.29) is 11.5 Å². The van der Waals surface area contributed by atoms with Crippen LogP contribution in [0.15, 0.2) is 34.9 Å². The van der Waals surface area contributed by atoms with Crippen molar-refractivity contribution in [1.29, 1.82) is 0 Å². The molecule has 0 aliphatic carbocycles. The summed E-state index contributed by atoms with van der Waals surface area (Å²) in [5.74, 6) is 1.50. The van der Waals surface area contributed by atoms with E-state index >= 15 is 0 Å². The van der Waals surface area contributed by atoms with Crippen LogP contribution in [0, 0.1) is 0 Å². The van der Waals surface area contributed by atoms with Crippen molar-refractivity contribution < 1.29 is 4.52 Å². The van der Waals surface area contributed by atoms with E-state index in [0.717, 1.165) is 37.9 Å². The highest BCUT2D eigenvalue weighted by molar-refractivity contribution is 5.46. The molecule has 1 aromatic carbocycles. The van der Waals surface area contributed by atoms with Gasteiger partial charge >= 0.3 is 0 Å². The van der Waals surface area contributed by atoms with E-state index in [9.17, 15) is 0 Å². The normalized spacial score (nSPS) is 18.2. The molecule has 5 nitrogen and oxygen atoms in total. The van der Waals surface area contributed by atoms with Crippen molar-refractivity contribution in [1.82, 2.24) is 15.0 Å². The summed E-state index contributed by atoms with van der Waals surface area (Å²) in [7, 11) is 0. The van der Waals surface area contributed by atoms with Crippen LogP contribution in [0.4, 0.5) is 5.69 Å². The van der Waals surface area contributed by atoms with E-state index < -0.39 is 0 Å². The van der Waals surface area contributed by atoms with Crippen LogP contribution in [0.1, 0.15) is 45.5 Å². The van der Waals surface area contributed by atoms with Crippen molar-refractivity contribution in [2.24, 2.45) is 0 Å². The van der Waals surface area contributed by atoms with Crippen LogP contribution < -0.4 is 4.90 Å². The van der Waals surface area contributed by atoms with Crippen molar-refractivity contribution in [3.63, 3.8) is 0 Å². The molecule has 1 fully saturated rings. The van der Waals surface area contributed by atoms with Crippen LogP contribution in [-0.2, 0) is 5.41 Å². The minimum Gasteiger partial charge on any atom is -0.369 e. The van der Waals surface area contributed by atoms with E-state index in [0.29, 0.717) is 0 Å². The number of anilines is 1. The Hall–Kier alpha value is -1.88. The molecule has 23 heavy (non-hydrogen) atoms. The number of piperazine rings is 1. The second kappa shape index (κ2) is 6.32. The average molecular weight is 314 g/mol. The first-order valence-electron chi connectivity index (χ1n) is 8.33. The number of aromatic nitrogens is 2. The van der Waals surface area contributed by atoms with Crippen LogP contribution in [0.25, 0.3) is 0 Å². The van der Waals surface area contributed by atoms with E-state index in [4.69, 9.17) is 4.52 Å². The predicted molar refractivity (Wildman–Crippen MR) is 91.6 cm³/mol. The number of para-hydroxylation sites is 1. The van der Waals surface area contributed by atoms with Crippen LogP contribution in [0.2, 0.25) is 0 Å². The van der Waals surface area contributed by atoms with Crippen molar-refractivity contribution in [2.75, 3.05) is 31.1 Å². The molecule has 0 bridgehead atoms. The Morgan fingerprint density at radius 2 is 1.70 bits per heavy atom. The standard InChI is InChI=1S/C18H26N4O/c1-14(16-19-17(20-23-16)18(2,3)4)21-10-12-22(13-11-21)15-8-6-5-7-9-15/h5-9,14H,10-13H2,1-4H3. The number of nitrogens with zero attached hydrogens (tertiary/aromatic N) is 4. The van der Waals surface area contributed by atoms with Gasteiger partial charge in [-0.1, -0.05) is 44.1 Å². The maximum Gasteiger partial charge on any atom is 0.243 e. The van der Waals surface area contributed by atoms with Gasteiger partial charge in [0.1, 0.15) is 0 Å². The predicted octanol–water partition coefficient (Wildman–Crippen LogP) is 3.25. The molecular weight excluding hydrogens is 288 g/mol. The smallest absolute Gasteiger partial charge is 0.243 e. The van der Waals surface area contributed by atoms with Crippen LogP contribution in [0.3, 0.4) is 0 Å². The highest BCUT2D eigenvalue weighted by Gasteiger charge is 2.28. The molecule has 1 aliphatic heterocycles. The molecule has 2 heterocycles. The Balaban J connectivity index is 1.62. The molecule has 0 amide bonds. The van der Waals surface area contributed by atoms with E-state index in [1.54, 1.807) is 0 Å². The third-order valence-corrected chi connectivity index (χ3v) is 4.45. The Morgan fingerprint density at radius 1 is 1.04 bits per heavy atom. The van der Waals surface area contributed by atoms with Crippen molar-refractivity contribution in [3.05, 3.63) is 42.0 Å². The SMILES string of the molecule is CC(c1nc(C(C)(C)C)no1)N1CCN(c2ccccc2)CC1. The molecule has 1 unspecified atom stereocenters. The molecule has 0 radical (unpaired) electrons. The molecule has 1 aromatic heterocycles. The Bertz CT molecular complexity index is 624. The van der Waals surface area contributed by atoms with E-state index in [2.05, 4.69) is 78.0 Å². The first-order chi connectivity index (χ1) is 10.9. The zero-order valence-corrected chi connectivity index (χ0v) is 14.5. The molecule has 0 N–H and O–H groups in total. The molecule has 2 aromatic rings. The van der Waals surface area contributed by atoms with Crippen molar-refractivity contribution in [3.8, 4) is 0 Å². The Kier molecular flexibility index (Phi) is 4.39. The molecular formula is C18H26N4O. The largest absolute Gasteiger partial charge is 0.369 e. The summed E-state index contributed by atoms with van der Waals surface area (Å²) < 4.78 is 5.50. The van der Waals surface area contributed by atoms with Gasteiger partial charge in [0, 0.05) is 37.3 Å². The summed E-state index contributed by atoms with van der Waals surface area (Å²) in [5.41, 5.74) is 1.22. The fourth-order valence-electron chi connectivity index (χ4n) is 2.87. The van der Waals surface area contributed by atoms with E-state index in [1.807, 2.05) is 0 Å². The van der Waals surface area contributed by atoms with Crippen LogP contribution in [0.5, 0.6) is 0 Å². The van der Waals surface area contributed by atoms with E-state index in [1.165, 1.54) is 5.69 Å². The quantitative estimate of drug-likeness (QED) is 0.870. The zero-order chi connectivity index (χ0) is 16.4. The Labute approximate surface area is 138 Å². The van der Waals surface area contributed by atoms with Gasteiger partial charge in [-0.3, -0.25) is 4.90 Å². The van der Waals surface area contributed by atoms with Gasteiger partial charge in [-0.05, 0) is 19.1 Å². The highest BCUT2D eigenvalue weighted by atomic mass is 16.5. The minimum atomic E-state index is -0.0759. The molecule has 1 saturated heterocycles. The molecule has 1 aliphatic rings. The first-order valence-corrected chi connectivity index (χ1v) is 8.33. The first kappa shape index (κ1) is 16.0. The summed E-state index contributed by atoms with van der Waals surface area (Å²) in [6, 6.07) is 10.8. The van der Waals surface area contributed by atoms with Crippen molar-refractivity contribution >= 4 is 5.69 Å². The lowest BCUT2D eigenvalue weighted by Gasteiger charge is -2.38. The van der Waals surface area contributed by atoms with Gasteiger partial charge < -0.3 is 9.42 Å². The molecule has 1 atom stereocenters. The van der Waals surface area contributed by atoms with Gasteiger partial charge in [-0.25, -0.2) is 0 Å². The summed E-state index contributed by atoms with van der Waals surface area (Å²) in [6.07, 6.45) is 0. The van der Waals surface area contributed by atoms with Crippen LogP contribution in [-0.4, -0.2) is 41.2 Å². The molecule has 5 heteroatoms. The second-order valence-electron chi connectivity index (χ2n) is 7.24. The third-order valence-electron chi connectivity index (χ3n) is 4.45. The fraction of sp³-hybridized carbons (Fsp3) is 0.556. The van der Waals surface area contributed by atoms with Gasteiger partial charge in [0.2, 0.25) is 5.89 Å². The van der Waals surface area contributed by atoms with Gasteiger partial charge in [0.05, 0.1) is 6.04 Å². The number of benzene rings is 1. The van der Waals surface area contributed by atoms with Crippen molar-refractivity contribution in [2.45, 2.75) is 39.2 Å². The number of rotatable bonds is 3. The van der Waals surface area contributed by atoms with Gasteiger partial charge in [-0.2, -0.15) is 4.98 Å². The monoisotopic (exact) mass is 314 g/mol. The lowest BCUT2D eigenvalue weighted by molar-refractivity contribution is 0.164. The summed E-state index contributed by atoms with van der Waals surface area (Å²) >= 11 is 0. The zero-order valence-electron chi connectivity index (χ0n) is 14.5. The second-order valence-corrected chi connectivity index (χ2v) is 7.24. The molecule has 3 rings (SSSR count). The molecule has 0 saturated carbocycles.